The van der Waals surface area contributed by atoms with Crippen molar-refractivity contribution in [1.29, 1.82) is 0 Å². The van der Waals surface area contributed by atoms with Gasteiger partial charge in [-0.05, 0) is 12.3 Å². The van der Waals surface area contributed by atoms with Gasteiger partial charge in [0.2, 0.25) is 9.05 Å². The van der Waals surface area contributed by atoms with Crippen molar-refractivity contribution in [3.05, 3.63) is 0 Å². The summed E-state index contributed by atoms with van der Waals surface area (Å²) in [6.45, 7) is 1.85. The van der Waals surface area contributed by atoms with Gasteiger partial charge in [-0.15, -0.1) is 0 Å². The molecule has 0 heterocycles. The van der Waals surface area contributed by atoms with E-state index < -0.39 is 21.6 Å². The first-order chi connectivity index (χ1) is 7.64. The van der Waals surface area contributed by atoms with Crippen LogP contribution in [0.4, 0.5) is 13.2 Å². The molecule has 17 heavy (non-hydrogen) atoms. The van der Waals surface area contributed by atoms with Crippen LogP contribution < -0.4 is 0 Å². The highest BCUT2D eigenvalue weighted by atomic mass is 35.7. The lowest BCUT2D eigenvalue weighted by Crippen LogP contribution is -2.18. The van der Waals surface area contributed by atoms with Gasteiger partial charge in [-0.3, -0.25) is 0 Å². The topological polar surface area (TPSA) is 43.4 Å². The van der Waals surface area contributed by atoms with Crippen molar-refractivity contribution < 1.29 is 26.3 Å². The van der Waals surface area contributed by atoms with E-state index in [0.29, 0.717) is 6.42 Å². The van der Waals surface area contributed by atoms with Crippen molar-refractivity contribution in [2.24, 2.45) is 5.92 Å². The lowest BCUT2D eigenvalue weighted by atomic mass is 10.1. The van der Waals surface area contributed by atoms with E-state index in [4.69, 9.17) is 15.4 Å². The van der Waals surface area contributed by atoms with E-state index in [-0.39, 0.29) is 31.3 Å². The standard InChI is InChI=1S/C9H16ClF3O3S/c1-2-8(7-17(10,14)15)6-16-5-3-4-9(11,12)13/h8H,2-7H2,1H3. The molecule has 0 aliphatic rings. The fourth-order valence-electron chi connectivity index (χ4n) is 1.19. The van der Waals surface area contributed by atoms with Crippen LogP contribution in [0.1, 0.15) is 26.2 Å². The van der Waals surface area contributed by atoms with Crippen molar-refractivity contribution >= 4 is 19.7 Å². The number of rotatable bonds is 8. The highest BCUT2D eigenvalue weighted by Gasteiger charge is 2.26. The van der Waals surface area contributed by atoms with E-state index in [1.54, 1.807) is 6.92 Å². The van der Waals surface area contributed by atoms with E-state index in [0.717, 1.165) is 0 Å². The van der Waals surface area contributed by atoms with Crippen LogP contribution in [0.2, 0.25) is 0 Å². The van der Waals surface area contributed by atoms with Gasteiger partial charge in [0.25, 0.3) is 0 Å². The highest BCUT2D eigenvalue weighted by molar-refractivity contribution is 8.13. The Kier molecular flexibility index (Phi) is 7.43. The van der Waals surface area contributed by atoms with Crippen LogP contribution in [-0.4, -0.2) is 33.6 Å². The van der Waals surface area contributed by atoms with Crippen LogP contribution in [0, 0.1) is 5.92 Å². The van der Waals surface area contributed by atoms with E-state index in [1.165, 1.54) is 0 Å². The molecule has 1 atom stereocenters. The van der Waals surface area contributed by atoms with E-state index >= 15 is 0 Å². The average Bonchev–Trinajstić information content (AvgIpc) is 2.11. The molecule has 8 heteroatoms. The monoisotopic (exact) mass is 296 g/mol. The SMILES string of the molecule is CCC(COCCCC(F)(F)F)CS(=O)(=O)Cl. The van der Waals surface area contributed by atoms with Crippen molar-refractivity contribution in [3.8, 4) is 0 Å². The third-order valence-electron chi connectivity index (χ3n) is 2.11. The first kappa shape index (κ1) is 17.0. The molecule has 0 N–H and O–H groups in total. The summed E-state index contributed by atoms with van der Waals surface area (Å²) in [5.74, 6) is -0.493. The first-order valence-electron chi connectivity index (χ1n) is 5.21. The van der Waals surface area contributed by atoms with E-state index in [9.17, 15) is 21.6 Å². The molecular formula is C9H16ClF3O3S. The summed E-state index contributed by atoms with van der Waals surface area (Å²) in [7, 11) is 1.49. The van der Waals surface area contributed by atoms with Crippen LogP contribution in [0.3, 0.4) is 0 Å². The predicted octanol–water partition coefficient (Wildman–Crippen LogP) is 2.94. The molecule has 0 fully saturated rings. The Bertz CT molecular complexity index is 303. The summed E-state index contributed by atoms with van der Waals surface area (Å²) < 4.78 is 61.9. The molecule has 0 bridgehead atoms. The molecule has 0 aromatic rings. The molecule has 104 valence electrons. The molecule has 0 aliphatic carbocycles. The second-order valence-corrected chi connectivity index (χ2v) is 6.60. The summed E-state index contributed by atoms with van der Waals surface area (Å²) in [5.41, 5.74) is 0. The van der Waals surface area contributed by atoms with Crippen LogP contribution in [-0.2, 0) is 13.8 Å². The summed E-state index contributed by atoms with van der Waals surface area (Å²) in [6.07, 6.45) is -4.64. The van der Waals surface area contributed by atoms with Gasteiger partial charge < -0.3 is 4.74 Å². The third-order valence-corrected chi connectivity index (χ3v) is 3.36. The Morgan fingerprint density at radius 2 is 1.94 bits per heavy atom. The Balaban J connectivity index is 3.72. The fraction of sp³-hybridized carbons (Fsp3) is 1.00. The third kappa shape index (κ3) is 12.2. The minimum absolute atomic E-state index is 0.0294. The number of hydrogen-bond donors (Lipinski definition) is 0. The van der Waals surface area contributed by atoms with Gasteiger partial charge in [0.1, 0.15) is 0 Å². The van der Waals surface area contributed by atoms with E-state index in [1.807, 2.05) is 0 Å². The van der Waals surface area contributed by atoms with Gasteiger partial charge in [0.05, 0.1) is 12.4 Å². The Hall–Kier alpha value is -0.0100. The number of halogens is 4. The fourth-order valence-corrected chi connectivity index (χ4v) is 2.62. The number of alkyl halides is 3. The molecule has 0 aromatic heterocycles. The lowest BCUT2D eigenvalue weighted by Gasteiger charge is -2.13. The van der Waals surface area contributed by atoms with Crippen molar-refractivity contribution in [3.63, 3.8) is 0 Å². The number of hydrogen-bond acceptors (Lipinski definition) is 3. The van der Waals surface area contributed by atoms with Crippen molar-refractivity contribution in [2.75, 3.05) is 19.0 Å². The molecule has 0 saturated heterocycles. The zero-order valence-electron chi connectivity index (χ0n) is 9.46. The largest absolute Gasteiger partial charge is 0.389 e. The smallest absolute Gasteiger partial charge is 0.381 e. The number of ether oxygens (including phenoxy) is 1. The lowest BCUT2D eigenvalue weighted by molar-refractivity contribution is -0.138. The molecule has 0 saturated carbocycles. The van der Waals surface area contributed by atoms with Crippen LogP contribution in [0.5, 0.6) is 0 Å². The summed E-state index contributed by atoms with van der Waals surface area (Å²) >= 11 is 0. The summed E-state index contributed by atoms with van der Waals surface area (Å²) in [5, 5.41) is 0. The molecule has 0 amide bonds. The van der Waals surface area contributed by atoms with Crippen molar-refractivity contribution in [2.45, 2.75) is 32.4 Å². The van der Waals surface area contributed by atoms with Gasteiger partial charge in [0, 0.05) is 23.7 Å². The van der Waals surface area contributed by atoms with Gasteiger partial charge in [-0.2, -0.15) is 13.2 Å². The molecule has 0 spiro atoms. The molecule has 3 nitrogen and oxygen atoms in total. The van der Waals surface area contributed by atoms with Crippen LogP contribution in [0.15, 0.2) is 0 Å². The van der Waals surface area contributed by atoms with Crippen molar-refractivity contribution in [1.82, 2.24) is 0 Å². The minimum Gasteiger partial charge on any atom is -0.381 e. The maximum Gasteiger partial charge on any atom is 0.389 e. The maximum atomic E-state index is 11.8. The zero-order valence-corrected chi connectivity index (χ0v) is 11.0. The predicted molar refractivity (Wildman–Crippen MR) is 59.5 cm³/mol. The maximum absolute atomic E-state index is 11.8. The van der Waals surface area contributed by atoms with E-state index in [2.05, 4.69) is 0 Å². The molecule has 0 radical (unpaired) electrons. The summed E-state index contributed by atoms with van der Waals surface area (Å²) in [4.78, 5) is 0. The minimum atomic E-state index is -4.17. The molecule has 0 aliphatic heterocycles. The summed E-state index contributed by atoms with van der Waals surface area (Å²) in [6, 6.07) is 0. The average molecular weight is 297 g/mol. The van der Waals surface area contributed by atoms with Crippen LogP contribution >= 0.6 is 10.7 Å². The first-order valence-corrected chi connectivity index (χ1v) is 7.68. The van der Waals surface area contributed by atoms with Gasteiger partial charge >= 0.3 is 6.18 Å². The zero-order chi connectivity index (χ0) is 13.5. The molecular weight excluding hydrogens is 281 g/mol. The normalized spacial score (nSPS) is 14.9. The molecule has 0 rings (SSSR count). The van der Waals surface area contributed by atoms with Gasteiger partial charge in [0.15, 0.2) is 0 Å². The second kappa shape index (κ2) is 7.43. The Morgan fingerprint density at radius 1 is 1.35 bits per heavy atom. The Morgan fingerprint density at radius 3 is 2.35 bits per heavy atom. The quantitative estimate of drug-likeness (QED) is 0.511. The van der Waals surface area contributed by atoms with Gasteiger partial charge in [-0.1, -0.05) is 13.3 Å². The second-order valence-electron chi connectivity index (χ2n) is 3.77. The molecule has 1 unspecified atom stereocenters. The Labute approximate surface area is 104 Å². The van der Waals surface area contributed by atoms with Gasteiger partial charge in [-0.25, -0.2) is 8.42 Å². The van der Waals surface area contributed by atoms with Crippen LogP contribution in [0.25, 0.3) is 0 Å². The highest BCUT2D eigenvalue weighted by Crippen LogP contribution is 2.21. The molecule has 0 aromatic carbocycles.